The number of aromatic amines is 1. The van der Waals surface area contributed by atoms with E-state index in [2.05, 4.69) is 15.3 Å². The Morgan fingerprint density at radius 3 is 2.53 bits per heavy atom. The van der Waals surface area contributed by atoms with Gasteiger partial charge in [0.1, 0.15) is 17.4 Å². The molecule has 0 saturated heterocycles. The molecule has 0 unspecified atom stereocenters. The lowest BCUT2D eigenvalue weighted by molar-refractivity contribution is 0.200. The molecular weight excluding hydrogens is 428 g/mol. The minimum atomic E-state index is -0.578. The minimum absolute atomic E-state index is 0.291. The average Bonchev–Trinajstić information content (AvgIpc) is 3.12. The van der Waals surface area contributed by atoms with Gasteiger partial charge in [0.05, 0.1) is 26.6 Å². The zero-order valence-electron chi connectivity index (χ0n) is 15.6. The number of nitrogens with zero attached hydrogens (tertiary/aromatic N) is 1. The highest BCUT2D eigenvalue weighted by atomic mass is 35.5. The average molecular weight is 444 g/mol. The number of carbonyl (C=O) groups is 1. The molecule has 0 aliphatic carbocycles. The number of fused-ring (bicyclic) bond motifs is 1. The molecule has 3 aromatic carbocycles. The summed E-state index contributed by atoms with van der Waals surface area (Å²) >= 11 is 12.5. The second-order valence-electron chi connectivity index (χ2n) is 6.55. The monoisotopic (exact) mass is 443 g/mol. The number of rotatable bonds is 5. The van der Waals surface area contributed by atoms with Gasteiger partial charge in [-0.05, 0) is 48.4 Å². The fourth-order valence-electron chi connectivity index (χ4n) is 3.00. The van der Waals surface area contributed by atoms with Crippen molar-refractivity contribution in [2.75, 3.05) is 6.54 Å². The van der Waals surface area contributed by atoms with Gasteiger partial charge in [0.25, 0.3) is 0 Å². The maximum absolute atomic E-state index is 12.9. The van der Waals surface area contributed by atoms with Gasteiger partial charge in [-0.25, -0.2) is 14.2 Å². The number of H-pyrrole nitrogens is 1. The fraction of sp³-hybridized carbons (Fsp3) is 0.0909. The highest BCUT2D eigenvalue weighted by Crippen LogP contribution is 2.34. The number of amides is 1. The molecule has 0 spiro atoms. The van der Waals surface area contributed by atoms with E-state index < -0.39 is 6.09 Å². The van der Waals surface area contributed by atoms with E-state index in [0.29, 0.717) is 51.2 Å². The SMILES string of the molecule is O=C(NCCc1ccc(F)cc1)Oc1ccc2nc(-c3c(Cl)cccc3Cl)[nH]c2c1. The third kappa shape index (κ3) is 4.56. The zero-order chi connectivity index (χ0) is 21.1. The Morgan fingerprint density at radius 1 is 1.07 bits per heavy atom. The molecule has 1 amide bonds. The van der Waals surface area contributed by atoms with E-state index >= 15 is 0 Å². The first kappa shape index (κ1) is 20.2. The molecule has 0 aliphatic rings. The van der Waals surface area contributed by atoms with E-state index in [-0.39, 0.29) is 5.82 Å². The van der Waals surface area contributed by atoms with E-state index in [1.807, 2.05) is 0 Å². The van der Waals surface area contributed by atoms with Gasteiger partial charge in [-0.15, -0.1) is 0 Å². The molecule has 4 aromatic rings. The Labute approximate surface area is 181 Å². The van der Waals surface area contributed by atoms with E-state index in [4.69, 9.17) is 27.9 Å². The van der Waals surface area contributed by atoms with E-state index in [9.17, 15) is 9.18 Å². The standard InChI is InChI=1S/C22H16Cl2FN3O2/c23-16-2-1-3-17(24)20(16)21-27-18-9-8-15(12-19(18)28-21)30-22(29)26-11-10-13-4-6-14(25)7-5-13/h1-9,12H,10-11H2,(H,26,29)(H,27,28). The van der Waals surface area contributed by atoms with Crippen molar-refractivity contribution >= 4 is 40.3 Å². The molecule has 1 heterocycles. The van der Waals surface area contributed by atoms with Crippen LogP contribution in [0.1, 0.15) is 5.56 Å². The van der Waals surface area contributed by atoms with Gasteiger partial charge < -0.3 is 15.0 Å². The number of carbonyl (C=O) groups excluding carboxylic acids is 1. The predicted molar refractivity (Wildman–Crippen MR) is 116 cm³/mol. The van der Waals surface area contributed by atoms with Crippen LogP contribution in [0.25, 0.3) is 22.4 Å². The first-order valence-corrected chi connectivity index (χ1v) is 9.89. The molecule has 0 atom stereocenters. The number of nitrogens with one attached hydrogen (secondary N) is 2. The van der Waals surface area contributed by atoms with Gasteiger partial charge in [-0.3, -0.25) is 0 Å². The number of aromatic nitrogens is 2. The van der Waals surface area contributed by atoms with Crippen LogP contribution in [0.15, 0.2) is 60.7 Å². The number of hydrogen-bond acceptors (Lipinski definition) is 3. The molecular formula is C22H16Cl2FN3O2. The largest absolute Gasteiger partial charge is 0.412 e. The maximum Gasteiger partial charge on any atom is 0.412 e. The Kier molecular flexibility index (Phi) is 5.88. The number of imidazole rings is 1. The predicted octanol–water partition coefficient (Wildman–Crippen LogP) is 6.01. The summed E-state index contributed by atoms with van der Waals surface area (Å²) in [6, 6.07) is 16.4. The number of halogens is 3. The maximum atomic E-state index is 12.9. The number of hydrogen-bond donors (Lipinski definition) is 2. The van der Waals surface area contributed by atoms with Crippen molar-refractivity contribution in [1.82, 2.24) is 15.3 Å². The van der Waals surface area contributed by atoms with Gasteiger partial charge in [0.15, 0.2) is 0 Å². The summed E-state index contributed by atoms with van der Waals surface area (Å²) in [4.78, 5) is 19.7. The summed E-state index contributed by atoms with van der Waals surface area (Å²) in [7, 11) is 0. The lowest BCUT2D eigenvalue weighted by atomic mass is 10.1. The van der Waals surface area contributed by atoms with Crippen LogP contribution in [0.5, 0.6) is 5.75 Å². The molecule has 5 nitrogen and oxygen atoms in total. The number of ether oxygens (including phenoxy) is 1. The second-order valence-corrected chi connectivity index (χ2v) is 7.37. The molecule has 0 aliphatic heterocycles. The van der Waals surface area contributed by atoms with Crippen LogP contribution in [0, 0.1) is 5.82 Å². The smallest absolute Gasteiger partial charge is 0.410 e. The number of benzene rings is 3. The third-order valence-corrected chi connectivity index (χ3v) is 5.09. The highest BCUT2D eigenvalue weighted by Gasteiger charge is 2.14. The van der Waals surface area contributed by atoms with Crippen LogP contribution >= 0.6 is 23.2 Å². The molecule has 2 N–H and O–H groups in total. The van der Waals surface area contributed by atoms with Crippen molar-refractivity contribution in [3.63, 3.8) is 0 Å². The normalized spacial score (nSPS) is 10.9. The zero-order valence-corrected chi connectivity index (χ0v) is 17.1. The Balaban J connectivity index is 1.42. The van der Waals surface area contributed by atoms with E-state index in [0.717, 1.165) is 5.56 Å². The van der Waals surface area contributed by atoms with Crippen LogP contribution in [-0.4, -0.2) is 22.6 Å². The summed E-state index contributed by atoms with van der Waals surface area (Å²) < 4.78 is 18.2. The summed E-state index contributed by atoms with van der Waals surface area (Å²) in [5, 5.41) is 3.64. The first-order valence-electron chi connectivity index (χ1n) is 9.14. The Morgan fingerprint density at radius 2 is 1.80 bits per heavy atom. The van der Waals surface area contributed by atoms with Crippen LogP contribution < -0.4 is 10.1 Å². The summed E-state index contributed by atoms with van der Waals surface area (Å²) in [5.74, 6) is 0.601. The van der Waals surface area contributed by atoms with Crippen molar-refractivity contribution in [2.45, 2.75) is 6.42 Å². The van der Waals surface area contributed by atoms with Crippen molar-refractivity contribution < 1.29 is 13.9 Å². The molecule has 1 aromatic heterocycles. The van der Waals surface area contributed by atoms with Crippen LogP contribution in [-0.2, 0) is 6.42 Å². The molecule has 152 valence electrons. The van der Waals surface area contributed by atoms with E-state index in [1.54, 1.807) is 48.5 Å². The molecule has 0 bridgehead atoms. The molecule has 4 rings (SSSR count). The Hall–Kier alpha value is -3.09. The van der Waals surface area contributed by atoms with Gasteiger partial charge in [-0.1, -0.05) is 41.4 Å². The lowest BCUT2D eigenvalue weighted by Gasteiger charge is -2.07. The molecule has 0 fully saturated rings. The quantitative estimate of drug-likeness (QED) is 0.396. The van der Waals surface area contributed by atoms with Crippen molar-refractivity contribution in [3.8, 4) is 17.1 Å². The molecule has 30 heavy (non-hydrogen) atoms. The molecule has 0 radical (unpaired) electrons. The first-order chi connectivity index (χ1) is 14.5. The van der Waals surface area contributed by atoms with Crippen molar-refractivity contribution in [2.24, 2.45) is 0 Å². The summed E-state index contributed by atoms with van der Waals surface area (Å²) in [6.07, 6.45) is -0.0120. The van der Waals surface area contributed by atoms with E-state index in [1.165, 1.54) is 12.1 Å². The second kappa shape index (κ2) is 8.73. The fourth-order valence-corrected chi connectivity index (χ4v) is 3.57. The van der Waals surface area contributed by atoms with Crippen LogP contribution in [0.4, 0.5) is 9.18 Å². The molecule has 0 saturated carbocycles. The Bertz CT molecular complexity index is 1190. The van der Waals surface area contributed by atoms with Gasteiger partial charge in [0.2, 0.25) is 0 Å². The van der Waals surface area contributed by atoms with Gasteiger partial charge in [-0.2, -0.15) is 0 Å². The minimum Gasteiger partial charge on any atom is -0.410 e. The van der Waals surface area contributed by atoms with Crippen molar-refractivity contribution in [1.29, 1.82) is 0 Å². The van der Waals surface area contributed by atoms with Crippen LogP contribution in [0.2, 0.25) is 10.0 Å². The topological polar surface area (TPSA) is 67.0 Å². The third-order valence-electron chi connectivity index (χ3n) is 4.46. The molecule has 8 heteroatoms. The van der Waals surface area contributed by atoms with Crippen molar-refractivity contribution in [3.05, 3.63) is 82.1 Å². The highest BCUT2D eigenvalue weighted by molar-refractivity contribution is 6.39. The summed E-state index contributed by atoms with van der Waals surface area (Å²) in [5.41, 5.74) is 2.89. The van der Waals surface area contributed by atoms with Crippen LogP contribution in [0.3, 0.4) is 0 Å². The van der Waals surface area contributed by atoms with Gasteiger partial charge >= 0.3 is 6.09 Å². The summed E-state index contributed by atoms with van der Waals surface area (Å²) in [6.45, 7) is 0.367. The lowest BCUT2D eigenvalue weighted by Crippen LogP contribution is -2.28. The van der Waals surface area contributed by atoms with Gasteiger partial charge in [0, 0.05) is 12.6 Å².